The van der Waals surface area contributed by atoms with Gasteiger partial charge in [-0.2, -0.15) is 0 Å². The highest BCUT2D eigenvalue weighted by Gasteiger charge is 2.21. The summed E-state index contributed by atoms with van der Waals surface area (Å²) in [5.74, 6) is 0.707. The Hall–Kier alpha value is -1.40. The summed E-state index contributed by atoms with van der Waals surface area (Å²) < 4.78 is 6.90. The number of aromatic nitrogens is 2. The van der Waals surface area contributed by atoms with Crippen molar-refractivity contribution in [2.45, 2.75) is 52.0 Å². The lowest BCUT2D eigenvalue weighted by Gasteiger charge is -2.14. The molecule has 2 aromatic rings. The number of hydrogen-bond acceptors (Lipinski definition) is 5. The Morgan fingerprint density at radius 3 is 2.96 bits per heavy atom. The number of nitrogens with one attached hydrogen (secondary N) is 1. The number of thiophene rings is 1. The minimum absolute atomic E-state index is 0.130. The summed E-state index contributed by atoms with van der Waals surface area (Å²) in [4.78, 5) is 20.1. The first kappa shape index (κ1) is 16.5. The summed E-state index contributed by atoms with van der Waals surface area (Å²) in [7, 11) is 1.70. The number of methoxy groups -OCH3 is 1. The van der Waals surface area contributed by atoms with Crippen LogP contribution >= 0.6 is 11.3 Å². The number of fused-ring (bicyclic) bond motifs is 3. The van der Waals surface area contributed by atoms with Crippen molar-refractivity contribution in [3.05, 3.63) is 20.8 Å². The maximum atomic E-state index is 13.0. The van der Waals surface area contributed by atoms with E-state index in [0.717, 1.165) is 42.4 Å². The molecule has 2 aromatic heterocycles. The SMILES string of the molecule is CCCn1c(NCCCOC)nc2sc3c(c2c1=O)CCCC3. The lowest BCUT2D eigenvalue weighted by atomic mass is 9.97. The molecule has 0 radical (unpaired) electrons. The van der Waals surface area contributed by atoms with Crippen LogP contribution in [0.1, 0.15) is 43.0 Å². The zero-order valence-electron chi connectivity index (χ0n) is 14.0. The van der Waals surface area contributed by atoms with Crippen LogP contribution in [0.2, 0.25) is 0 Å². The second-order valence-corrected chi connectivity index (χ2v) is 7.14. The van der Waals surface area contributed by atoms with E-state index < -0.39 is 0 Å². The van der Waals surface area contributed by atoms with E-state index in [4.69, 9.17) is 9.72 Å². The number of hydrogen-bond donors (Lipinski definition) is 1. The molecule has 1 N–H and O–H groups in total. The molecule has 6 heteroatoms. The van der Waals surface area contributed by atoms with Crippen molar-refractivity contribution >= 4 is 27.5 Å². The highest BCUT2D eigenvalue weighted by Crippen LogP contribution is 2.34. The summed E-state index contributed by atoms with van der Waals surface area (Å²) in [5, 5.41) is 4.20. The number of rotatable bonds is 7. The van der Waals surface area contributed by atoms with Crippen LogP contribution in [-0.2, 0) is 24.1 Å². The van der Waals surface area contributed by atoms with Gasteiger partial charge >= 0.3 is 0 Å². The van der Waals surface area contributed by atoms with Gasteiger partial charge in [0.25, 0.3) is 5.56 Å². The molecule has 0 spiro atoms. The molecule has 0 saturated carbocycles. The first-order valence-corrected chi connectivity index (χ1v) is 9.35. The Kier molecular flexibility index (Phi) is 5.33. The number of nitrogens with zero attached hydrogens (tertiary/aromatic N) is 2. The van der Waals surface area contributed by atoms with Crippen LogP contribution in [0.5, 0.6) is 0 Å². The van der Waals surface area contributed by atoms with Gasteiger partial charge in [-0.15, -0.1) is 11.3 Å². The Bertz CT molecular complexity index is 735. The summed E-state index contributed by atoms with van der Waals surface area (Å²) in [6.07, 6.45) is 6.36. The summed E-state index contributed by atoms with van der Waals surface area (Å²) >= 11 is 1.71. The molecule has 0 aliphatic heterocycles. The first-order chi connectivity index (χ1) is 11.3. The fourth-order valence-corrected chi connectivity index (χ4v) is 4.47. The molecular formula is C17H25N3O2S. The third-order valence-electron chi connectivity index (χ3n) is 4.33. The molecule has 126 valence electrons. The first-order valence-electron chi connectivity index (χ1n) is 8.54. The van der Waals surface area contributed by atoms with E-state index in [1.807, 2.05) is 4.57 Å². The minimum Gasteiger partial charge on any atom is -0.385 e. The number of anilines is 1. The van der Waals surface area contributed by atoms with Crippen LogP contribution in [0.4, 0.5) is 5.95 Å². The zero-order chi connectivity index (χ0) is 16.2. The van der Waals surface area contributed by atoms with Gasteiger partial charge in [0.05, 0.1) is 5.39 Å². The van der Waals surface area contributed by atoms with Gasteiger partial charge in [0.2, 0.25) is 5.95 Å². The number of ether oxygens (including phenoxy) is 1. The third kappa shape index (κ3) is 3.28. The molecule has 5 nitrogen and oxygen atoms in total. The van der Waals surface area contributed by atoms with Crippen molar-refractivity contribution in [1.82, 2.24) is 9.55 Å². The predicted octanol–water partition coefficient (Wildman–Crippen LogP) is 3.20. The van der Waals surface area contributed by atoms with Gasteiger partial charge in [0.15, 0.2) is 0 Å². The van der Waals surface area contributed by atoms with Crippen molar-refractivity contribution in [1.29, 1.82) is 0 Å². The lowest BCUT2D eigenvalue weighted by Crippen LogP contribution is -2.26. The zero-order valence-corrected chi connectivity index (χ0v) is 14.8. The Balaban J connectivity index is 2.01. The average Bonchev–Trinajstić information content (AvgIpc) is 2.93. The largest absolute Gasteiger partial charge is 0.385 e. The highest BCUT2D eigenvalue weighted by atomic mass is 32.1. The van der Waals surface area contributed by atoms with Gasteiger partial charge in [0.1, 0.15) is 4.83 Å². The molecule has 2 heterocycles. The molecule has 0 fully saturated rings. The molecule has 0 atom stereocenters. The van der Waals surface area contributed by atoms with E-state index in [0.29, 0.717) is 19.1 Å². The maximum Gasteiger partial charge on any atom is 0.263 e. The summed E-state index contributed by atoms with van der Waals surface area (Å²) in [6, 6.07) is 0. The Morgan fingerprint density at radius 1 is 1.35 bits per heavy atom. The predicted molar refractivity (Wildman–Crippen MR) is 95.8 cm³/mol. The van der Waals surface area contributed by atoms with E-state index >= 15 is 0 Å². The molecular weight excluding hydrogens is 310 g/mol. The summed E-state index contributed by atoms with van der Waals surface area (Å²) in [5.41, 5.74) is 1.40. The Labute approximate surface area is 140 Å². The van der Waals surface area contributed by atoms with Gasteiger partial charge in [-0.25, -0.2) is 4.98 Å². The van der Waals surface area contributed by atoms with Crippen molar-refractivity contribution in [3.63, 3.8) is 0 Å². The molecule has 1 aliphatic rings. The number of aryl methyl sites for hydroxylation is 2. The smallest absolute Gasteiger partial charge is 0.263 e. The van der Waals surface area contributed by atoms with Gasteiger partial charge in [0, 0.05) is 31.7 Å². The quantitative estimate of drug-likeness (QED) is 0.790. The molecule has 23 heavy (non-hydrogen) atoms. The second-order valence-electron chi connectivity index (χ2n) is 6.06. The molecule has 0 bridgehead atoms. The van der Waals surface area contributed by atoms with Crippen LogP contribution in [0.25, 0.3) is 10.2 Å². The molecule has 0 unspecified atom stereocenters. The second kappa shape index (κ2) is 7.45. The molecule has 3 rings (SSSR count). The van der Waals surface area contributed by atoms with Crippen molar-refractivity contribution < 1.29 is 4.74 Å². The van der Waals surface area contributed by atoms with Crippen LogP contribution in [0.3, 0.4) is 0 Å². The molecule has 1 aliphatic carbocycles. The molecule has 0 amide bonds. The topological polar surface area (TPSA) is 56.1 Å². The fraction of sp³-hybridized carbons (Fsp3) is 0.647. The van der Waals surface area contributed by atoms with Crippen LogP contribution in [-0.4, -0.2) is 29.8 Å². The van der Waals surface area contributed by atoms with E-state index in [2.05, 4.69) is 12.2 Å². The van der Waals surface area contributed by atoms with Crippen LogP contribution < -0.4 is 10.9 Å². The molecule has 0 saturated heterocycles. The van der Waals surface area contributed by atoms with E-state index in [1.54, 1.807) is 18.4 Å². The lowest BCUT2D eigenvalue weighted by molar-refractivity contribution is 0.197. The maximum absolute atomic E-state index is 13.0. The van der Waals surface area contributed by atoms with E-state index in [-0.39, 0.29) is 5.56 Å². The molecule has 0 aromatic carbocycles. The van der Waals surface area contributed by atoms with Crippen LogP contribution in [0, 0.1) is 0 Å². The standard InChI is InChI=1S/C17H25N3O2S/c1-3-10-20-16(21)14-12-7-4-5-8-13(12)23-15(14)19-17(20)18-9-6-11-22-2/h3-11H2,1-2H3,(H,18,19). The van der Waals surface area contributed by atoms with Crippen molar-refractivity contribution in [2.75, 3.05) is 25.6 Å². The van der Waals surface area contributed by atoms with Gasteiger partial charge < -0.3 is 10.1 Å². The highest BCUT2D eigenvalue weighted by molar-refractivity contribution is 7.18. The van der Waals surface area contributed by atoms with Gasteiger partial charge in [-0.1, -0.05) is 6.92 Å². The normalized spacial score (nSPS) is 14.2. The average molecular weight is 335 g/mol. The van der Waals surface area contributed by atoms with Crippen LogP contribution in [0.15, 0.2) is 4.79 Å². The summed E-state index contributed by atoms with van der Waals surface area (Å²) in [6.45, 7) is 4.27. The van der Waals surface area contributed by atoms with E-state index in [1.165, 1.54) is 23.3 Å². The monoisotopic (exact) mass is 335 g/mol. The van der Waals surface area contributed by atoms with Crippen molar-refractivity contribution in [2.24, 2.45) is 0 Å². The van der Waals surface area contributed by atoms with Crippen molar-refractivity contribution in [3.8, 4) is 0 Å². The Morgan fingerprint density at radius 2 is 2.17 bits per heavy atom. The fourth-order valence-electron chi connectivity index (χ4n) is 3.22. The van der Waals surface area contributed by atoms with Gasteiger partial charge in [-0.3, -0.25) is 9.36 Å². The van der Waals surface area contributed by atoms with Gasteiger partial charge in [-0.05, 0) is 44.1 Å². The van der Waals surface area contributed by atoms with E-state index in [9.17, 15) is 4.79 Å². The third-order valence-corrected chi connectivity index (χ3v) is 5.52. The minimum atomic E-state index is 0.130.